The molecule has 0 saturated carbocycles. The van der Waals surface area contributed by atoms with Crippen LogP contribution in [0, 0.1) is 6.92 Å². The van der Waals surface area contributed by atoms with Gasteiger partial charge in [0.1, 0.15) is 5.82 Å². The summed E-state index contributed by atoms with van der Waals surface area (Å²) in [6.45, 7) is 2.83. The molecule has 2 rings (SSSR count). The second-order valence-electron chi connectivity index (χ2n) is 4.42. The number of anilines is 2. The lowest BCUT2D eigenvalue weighted by atomic mass is 10.2. The molecule has 2 N–H and O–H groups in total. The zero-order valence-corrected chi connectivity index (χ0v) is 12.1. The number of aryl methyl sites for hydroxylation is 1. The molecule has 94 valence electrons. The highest BCUT2D eigenvalue weighted by atomic mass is 79.9. The second kappa shape index (κ2) is 5.40. The molecule has 1 heterocycles. The highest BCUT2D eigenvalue weighted by Crippen LogP contribution is 2.24. The second-order valence-corrected chi connectivity index (χ2v) is 5.27. The van der Waals surface area contributed by atoms with Gasteiger partial charge in [0, 0.05) is 25.5 Å². The van der Waals surface area contributed by atoms with Crippen LogP contribution in [0.2, 0.25) is 0 Å². The molecule has 0 bridgehead atoms. The van der Waals surface area contributed by atoms with Crippen LogP contribution in [-0.4, -0.2) is 12.0 Å². The quantitative estimate of drug-likeness (QED) is 0.884. The first-order chi connectivity index (χ1) is 8.56. The Hall–Kier alpha value is -1.55. The number of nitrogen functional groups attached to an aromatic ring is 1. The Balaban J connectivity index is 2.16. The van der Waals surface area contributed by atoms with E-state index in [4.69, 9.17) is 5.73 Å². The minimum Gasteiger partial charge on any atom is -0.399 e. The van der Waals surface area contributed by atoms with Crippen molar-refractivity contribution >= 4 is 27.4 Å². The molecule has 0 saturated heterocycles. The fourth-order valence-corrected chi connectivity index (χ4v) is 2.55. The standard InChI is InChI=1S/C14H16BrN3/c1-10-7-13(15)14(17-8-10)18(2)9-11-3-5-12(16)6-4-11/h3-8H,9,16H2,1-2H3. The molecule has 4 heteroatoms. The Morgan fingerprint density at radius 2 is 1.94 bits per heavy atom. The third-order valence-corrected chi connectivity index (χ3v) is 3.30. The molecule has 1 aromatic carbocycles. The van der Waals surface area contributed by atoms with Crippen LogP contribution in [0.1, 0.15) is 11.1 Å². The molecular weight excluding hydrogens is 290 g/mol. The molecule has 1 aromatic heterocycles. The van der Waals surface area contributed by atoms with Crippen LogP contribution in [-0.2, 0) is 6.54 Å². The maximum absolute atomic E-state index is 5.68. The maximum atomic E-state index is 5.68. The molecule has 0 spiro atoms. The van der Waals surface area contributed by atoms with E-state index in [1.165, 1.54) is 5.56 Å². The number of rotatable bonds is 3. The Bertz CT molecular complexity index is 537. The molecule has 0 amide bonds. The van der Waals surface area contributed by atoms with Gasteiger partial charge in [0.05, 0.1) is 4.47 Å². The van der Waals surface area contributed by atoms with Crippen molar-refractivity contribution < 1.29 is 0 Å². The number of hydrogen-bond acceptors (Lipinski definition) is 3. The highest BCUT2D eigenvalue weighted by Gasteiger charge is 2.08. The Kier molecular flexibility index (Phi) is 3.87. The van der Waals surface area contributed by atoms with Gasteiger partial charge in [-0.1, -0.05) is 12.1 Å². The number of aromatic nitrogens is 1. The Morgan fingerprint density at radius 3 is 2.56 bits per heavy atom. The lowest BCUT2D eigenvalue weighted by Crippen LogP contribution is -2.18. The van der Waals surface area contributed by atoms with E-state index >= 15 is 0 Å². The van der Waals surface area contributed by atoms with Crippen LogP contribution >= 0.6 is 15.9 Å². The predicted molar refractivity (Wildman–Crippen MR) is 79.6 cm³/mol. The number of pyridine rings is 1. The van der Waals surface area contributed by atoms with Crippen molar-refractivity contribution in [2.24, 2.45) is 0 Å². The minimum atomic E-state index is 0.788. The van der Waals surface area contributed by atoms with Gasteiger partial charge in [0.15, 0.2) is 0 Å². The van der Waals surface area contributed by atoms with Gasteiger partial charge in [-0.05, 0) is 52.2 Å². The van der Waals surface area contributed by atoms with Crippen molar-refractivity contribution in [3.8, 4) is 0 Å². The lowest BCUT2D eigenvalue weighted by Gasteiger charge is -2.19. The van der Waals surface area contributed by atoms with Crippen LogP contribution in [0.15, 0.2) is 41.0 Å². The van der Waals surface area contributed by atoms with Crippen molar-refractivity contribution in [1.82, 2.24) is 4.98 Å². The molecule has 0 aliphatic carbocycles. The first kappa shape index (κ1) is 12.9. The zero-order chi connectivity index (χ0) is 13.1. The largest absolute Gasteiger partial charge is 0.399 e. The summed E-state index contributed by atoms with van der Waals surface area (Å²) in [6, 6.07) is 9.98. The van der Waals surface area contributed by atoms with Crippen LogP contribution < -0.4 is 10.6 Å². The topological polar surface area (TPSA) is 42.2 Å². The van der Waals surface area contributed by atoms with E-state index in [0.29, 0.717) is 0 Å². The van der Waals surface area contributed by atoms with Crippen molar-refractivity contribution in [2.75, 3.05) is 17.7 Å². The Labute approximate surface area is 116 Å². The van der Waals surface area contributed by atoms with E-state index in [1.54, 1.807) is 0 Å². The third kappa shape index (κ3) is 3.01. The summed E-state index contributed by atoms with van der Waals surface area (Å²) in [5.41, 5.74) is 8.82. The molecule has 0 atom stereocenters. The number of benzene rings is 1. The van der Waals surface area contributed by atoms with Crippen LogP contribution in [0.5, 0.6) is 0 Å². The van der Waals surface area contributed by atoms with Crippen LogP contribution in [0.3, 0.4) is 0 Å². The fourth-order valence-electron chi connectivity index (χ4n) is 1.78. The van der Waals surface area contributed by atoms with Gasteiger partial charge in [0.25, 0.3) is 0 Å². The van der Waals surface area contributed by atoms with Gasteiger partial charge in [-0.15, -0.1) is 0 Å². The van der Waals surface area contributed by atoms with Crippen molar-refractivity contribution in [1.29, 1.82) is 0 Å². The van der Waals surface area contributed by atoms with Crippen molar-refractivity contribution in [3.05, 3.63) is 52.1 Å². The van der Waals surface area contributed by atoms with E-state index < -0.39 is 0 Å². The van der Waals surface area contributed by atoms with E-state index in [1.807, 2.05) is 44.4 Å². The SMILES string of the molecule is Cc1cnc(N(C)Cc2ccc(N)cc2)c(Br)c1. The summed E-state index contributed by atoms with van der Waals surface area (Å²) in [5.74, 6) is 0.942. The number of halogens is 1. The fraction of sp³-hybridized carbons (Fsp3) is 0.214. The predicted octanol–water partition coefficient (Wildman–Crippen LogP) is 3.37. The summed E-state index contributed by atoms with van der Waals surface area (Å²) in [6.07, 6.45) is 1.87. The average molecular weight is 306 g/mol. The normalized spacial score (nSPS) is 10.4. The molecule has 3 nitrogen and oxygen atoms in total. The van der Waals surface area contributed by atoms with E-state index in [-0.39, 0.29) is 0 Å². The zero-order valence-electron chi connectivity index (χ0n) is 10.5. The number of nitrogens with zero attached hydrogens (tertiary/aromatic N) is 2. The van der Waals surface area contributed by atoms with Gasteiger partial charge in [-0.3, -0.25) is 0 Å². The maximum Gasteiger partial charge on any atom is 0.142 e. The number of hydrogen-bond donors (Lipinski definition) is 1. The first-order valence-corrected chi connectivity index (χ1v) is 6.53. The molecule has 0 unspecified atom stereocenters. The van der Waals surface area contributed by atoms with E-state index in [2.05, 4.69) is 31.9 Å². The lowest BCUT2D eigenvalue weighted by molar-refractivity contribution is 0.892. The average Bonchev–Trinajstić information content (AvgIpc) is 2.32. The van der Waals surface area contributed by atoms with Gasteiger partial charge in [-0.25, -0.2) is 4.98 Å². The highest BCUT2D eigenvalue weighted by molar-refractivity contribution is 9.10. The number of nitrogens with two attached hydrogens (primary N) is 1. The molecule has 18 heavy (non-hydrogen) atoms. The molecule has 0 fully saturated rings. The van der Waals surface area contributed by atoms with Gasteiger partial charge < -0.3 is 10.6 Å². The van der Waals surface area contributed by atoms with Crippen molar-refractivity contribution in [2.45, 2.75) is 13.5 Å². The smallest absolute Gasteiger partial charge is 0.142 e. The summed E-state index contributed by atoms with van der Waals surface area (Å²) < 4.78 is 1.01. The Morgan fingerprint density at radius 1 is 1.28 bits per heavy atom. The summed E-state index contributed by atoms with van der Waals surface area (Å²) in [5, 5.41) is 0. The van der Waals surface area contributed by atoms with E-state index in [9.17, 15) is 0 Å². The van der Waals surface area contributed by atoms with Gasteiger partial charge in [-0.2, -0.15) is 0 Å². The third-order valence-electron chi connectivity index (χ3n) is 2.72. The minimum absolute atomic E-state index is 0.788. The molecule has 0 aliphatic heterocycles. The summed E-state index contributed by atoms with van der Waals surface area (Å²) in [4.78, 5) is 6.55. The molecule has 0 radical (unpaired) electrons. The first-order valence-electron chi connectivity index (χ1n) is 5.74. The van der Waals surface area contributed by atoms with E-state index in [0.717, 1.165) is 28.1 Å². The summed E-state index contributed by atoms with van der Waals surface area (Å²) in [7, 11) is 2.03. The van der Waals surface area contributed by atoms with Crippen molar-refractivity contribution in [3.63, 3.8) is 0 Å². The van der Waals surface area contributed by atoms with Gasteiger partial charge >= 0.3 is 0 Å². The monoisotopic (exact) mass is 305 g/mol. The van der Waals surface area contributed by atoms with Crippen LogP contribution in [0.4, 0.5) is 11.5 Å². The van der Waals surface area contributed by atoms with Crippen LogP contribution in [0.25, 0.3) is 0 Å². The van der Waals surface area contributed by atoms with Gasteiger partial charge in [0.2, 0.25) is 0 Å². The molecule has 0 aliphatic rings. The molecular formula is C14H16BrN3. The summed E-state index contributed by atoms with van der Waals surface area (Å²) >= 11 is 3.55. The molecule has 2 aromatic rings.